The van der Waals surface area contributed by atoms with Crippen molar-refractivity contribution >= 4 is 44.2 Å². The number of nitrogens with one attached hydrogen (secondary N) is 1. The predicted molar refractivity (Wildman–Crippen MR) is 85.6 cm³/mol. The number of benzene rings is 2. The number of carbonyl (C=O) groups excluding carboxylic acids is 1. The Morgan fingerprint density at radius 1 is 1.20 bits per heavy atom. The largest absolute Gasteiger partial charge is 0.360 e. The van der Waals surface area contributed by atoms with E-state index in [0.29, 0.717) is 16.1 Å². The maximum Gasteiger partial charge on any atom is 0.195 e. The summed E-state index contributed by atoms with van der Waals surface area (Å²) in [5.41, 5.74) is 3.10. The molecule has 0 saturated carbocycles. The fourth-order valence-corrected chi connectivity index (χ4v) is 3.10. The zero-order valence-corrected chi connectivity index (χ0v) is 13.0. The van der Waals surface area contributed by atoms with Gasteiger partial charge in [-0.1, -0.05) is 33.6 Å². The molecular formula is C16H11BrClNO. The minimum Gasteiger partial charge on any atom is -0.360 e. The van der Waals surface area contributed by atoms with Gasteiger partial charge in [-0.3, -0.25) is 4.79 Å². The summed E-state index contributed by atoms with van der Waals surface area (Å²) in [6.07, 6.45) is 1.72. The minimum atomic E-state index is -0.0191. The molecule has 0 spiro atoms. The predicted octanol–water partition coefficient (Wildman–Crippen LogP) is 5.12. The van der Waals surface area contributed by atoms with Gasteiger partial charge < -0.3 is 4.98 Å². The number of halogens is 2. The van der Waals surface area contributed by atoms with Crippen molar-refractivity contribution in [1.82, 2.24) is 4.98 Å². The SMILES string of the molecule is Cc1cc(Br)ccc1C(=O)c1c[nH]c2cccc(Cl)c12. The van der Waals surface area contributed by atoms with Gasteiger partial charge in [0.1, 0.15) is 0 Å². The number of carbonyl (C=O) groups is 1. The maximum absolute atomic E-state index is 12.7. The molecule has 1 heterocycles. The van der Waals surface area contributed by atoms with Gasteiger partial charge in [0.2, 0.25) is 0 Å². The van der Waals surface area contributed by atoms with Crippen molar-refractivity contribution in [2.75, 3.05) is 0 Å². The third-order valence-electron chi connectivity index (χ3n) is 3.33. The van der Waals surface area contributed by atoms with Crippen LogP contribution in [0, 0.1) is 6.92 Å². The lowest BCUT2D eigenvalue weighted by Crippen LogP contribution is -2.03. The van der Waals surface area contributed by atoms with Crippen molar-refractivity contribution in [3.63, 3.8) is 0 Å². The fraction of sp³-hybridized carbons (Fsp3) is 0.0625. The number of H-pyrrole nitrogens is 1. The van der Waals surface area contributed by atoms with Gasteiger partial charge in [-0.2, -0.15) is 0 Å². The molecule has 3 rings (SSSR count). The molecule has 4 heteroatoms. The molecule has 0 aliphatic carbocycles. The normalized spacial score (nSPS) is 10.9. The van der Waals surface area contributed by atoms with Crippen molar-refractivity contribution in [1.29, 1.82) is 0 Å². The monoisotopic (exact) mass is 347 g/mol. The zero-order chi connectivity index (χ0) is 14.3. The Morgan fingerprint density at radius 3 is 2.75 bits per heavy atom. The molecule has 1 N–H and O–H groups in total. The Hall–Kier alpha value is -1.58. The average molecular weight is 349 g/mol. The van der Waals surface area contributed by atoms with Gasteiger partial charge >= 0.3 is 0 Å². The number of fused-ring (bicyclic) bond motifs is 1. The highest BCUT2D eigenvalue weighted by atomic mass is 79.9. The van der Waals surface area contributed by atoms with Crippen LogP contribution in [0.2, 0.25) is 5.02 Å². The first-order valence-electron chi connectivity index (χ1n) is 6.14. The number of hydrogen-bond donors (Lipinski definition) is 1. The van der Waals surface area contributed by atoms with Crippen molar-refractivity contribution in [3.05, 3.63) is 68.8 Å². The standard InChI is InChI=1S/C16H11BrClNO/c1-9-7-10(17)5-6-11(9)16(20)12-8-19-14-4-2-3-13(18)15(12)14/h2-8,19H,1H3. The molecule has 3 aromatic rings. The lowest BCUT2D eigenvalue weighted by molar-refractivity contribution is 0.103. The Morgan fingerprint density at radius 2 is 2.00 bits per heavy atom. The molecule has 20 heavy (non-hydrogen) atoms. The van der Waals surface area contributed by atoms with Crippen LogP contribution < -0.4 is 0 Å². The van der Waals surface area contributed by atoms with Gasteiger partial charge in [-0.05, 0) is 42.8 Å². The molecule has 0 bridgehead atoms. The molecule has 1 aromatic heterocycles. The Bertz CT molecular complexity index is 822. The maximum atomic E-state index is 12.7. The summed E-state index contributed by atoms with van der Waals surface area (Å²) in [6.45, 7) is 1.93. The number of aromatic amines is 1. The van der Waals surface area contributed by atoms with Crippen LogP contribution in [0.3, 0.4) is 0 Å². The summed E-state index contributed by atoms with van der Waals surface area (Å²) in [4.78, 5) is 15.8. The van der Waals surface area contributed by atoms with E-state index in [2.05, 4.69) is 20.9 Å². The van der Waals surface area contributed by atoms with E-state index in [0.717, 1.165) is 20.9 Å². The second-order valence-electron chi connectivity index (χ2n) is 4.65. The molecule has 2 aromatic carbocycles. The quantitative estimate of drug-likeness (QED) is 0.640. The molecule has 0 unspecified atom stereocenters. The van der Waals surface area contributed by atoms with E-state index < -0.39 is 0 Å². The summed E-state index contributed by atoms with van der Waals surface area (Å²) in [6, 6.07) is 11.2. The minimum absolute atomic E-state index is 0.0191. The van der Waals surface area contributed by atoms with Crippen LogP contribution in [-0.2, 0) is 0 Å². The number of hydrogen-bond acceptors (Lipinski definition) is 1. The van der Waals surface area contributed by atoms with Gasteiger partial charge in [0.05, 0.1) is 5.02 Å². The van der Waals surface area contributed by atoms with Crippen LogP contribution in [0.5, 0.6) is 0 Å². The first-order valence-corrected chi connectivity index (χ1v) is 7.31. The number of ketones is 1. The van der Waals surface area contributed by atoms with E-state index in [1.807, 2.05) is 37.3 Å². The van der Waals surface area contributed by atoms with Crippen LogP contribution >= 0.6 is 27.5 Å². The third-order valence-corrected chi connectivity index (χ3v) is 4.14. The van der Waals surface area contributed by atoms with E-state index in [4.69, 9.17) is 11.6 Å². The topological polar surface area (TPSA) is 32.9 Å². The number of aryl methyl sites for hydroxylation is 1. The molecule has 0 radical (unpaired) electrons. The number of aromatic nitrogens is 1. The lowest BCUT2D eigenvalue weighted by Gasteiger charge is -2.05. The highest BCUT2D eigenvalue weighted by Gasteiger charge is 2.17. The van der Waals surface area contributed by atoms with Crippen molar-refractivity contribution < 1.29 is 4.79 Å². The fourth-order valence-electron chi connectivity index (χ4n) is 2.35. The van der Waals surface area contributed by atoms with Gasteiger partial charge in [0.25, 0.3) is 0 Å². The first-order chi connectivity index (χ1) is 9.58. The van der Waals surface area contributed by atoms with Crippen LogP contribution in [0.15, 0.2) is 47.1 Å². The smallest absolute Gasteiger partial charge is 0.195 e. The van der Waals surface area contributed by atoms with E-state index >= 15 is 0 Å². The van der Waals surface area contributed by atoms with E-state index in [1.165, 1.54) is 0 Å². The summed E-state index contributed by atoms with van der Waals surface area (Å²) < 4.78 is 0.962. The molecule has 0 atom stereocenters. The van der Waals surface area contributed by atoms with Gasteiger partial charge in [0, 0.05) is 32.7 Å². The summed E-state index contributed by atoms with van der Waals surface area (Å²) in [5, 5.41) is 1.36. The Kier molecular flexibility index (Phi) is 3.40. The highest BCUT2D eigenvalue weighted by Crippen LogP contribution is 2.29. The first kappa shape index (κ1) is 13.4. The molecule has 0 aliphatic heterocycles. The Balaban J connectivity index is 2.18. The number of rotatable bonds is 2. The second-order valence-corrected chi connectivity index (χ2v) is 5.98. The van der Waals surface area contributed by atoms with Crippen LogP contribution in [0.25, 0.3) is 10.9 Å². The molecule has 0 saturated heterocycles. The van der Waals surface area contributed by atoms with Gasteiger partial charge in [-0.25, -0.2) is 0 Å². The van der Waals surface area contributed by atoms with E-state index in [-0.39, 0.29) is 5.78 Å². The van der Waals surface area contributed by atoms with Crippen LogP contribution in [0.1, 0.15) is 21.5 Å². The van der Waals surface area contributed by atoms with E-state index in [9.17, 15) is 4.79 Å². The molecule has 2 nitrogen and oxygen atoms in total. The van der Waals surface area contributed by atoms with Crippen molar-refractivity contribution in [2.24, 2.45) is 0 Å². The molecule has 0 fully saturated rings. The average Bonchev–Trinajstić information content (AvgIpc) is 2.83. The molecule has 0 aliphatic rings. The third kappa shape index (κ3) is 2.17. The van der Waals surface area contributed by atoms with Crippen LogP contribution in [-0.4, -0.2) is 10.8 Å². The zero-order valence-electron chi connectivity index (χ0n) is 10.7. The van der Waals surface area contributed by atoms with Crippen molar-refractivity contribution in [2.45, 2.75) is 6.92 Å². The van der Waals surface area contributed by atoms with Crippen molar-refractivity contribution in [3.8, 4) is 0 Å². The van der Waals surface area contributed by atoms with E-state index in [1.54, 1.807) is 12.3 Å². The lowest BCUT2D eigenvalue weighted by atomic mass is 9.99. The molecule has 0 amide bonds. The second kappa shape index (κ2) is 5.08. The highest BCUT2D eigenvalue weighted by molar-refractivity contribution is 9.10. The van der Waals surface area contributed by atoms with Gasteiger partial charge in [0.15, 0.2) is 5.78 Å². The Labute approximate surface area is 129 Å². The summed E-state index contributed by atoms with van der Waals surface area (Å²) in [5.74, 6) is -0.0191. The summed E-state index contributed by atoms with van der Waals surface area (Å²) in [7, 11) is 0. The molecular weight excluding hydrogens is 338 g/mol. The summed E-state index contributed by atoms with van der Waals surface area (Å²) >= 11 is 9.63. The van der Waals surface area contributed by atoms with Crippen LogP contribution in [0.4, 0.5) is 0 Å². The van der Waals surface area contributed by atoms with Gasteiger partial charge in [-0.15, -0.1) is 0 Å². The molecule has 100 valence electrons.